The van der Waals surface area contributed by atoms with Gasteiger partial charge in [0.05, 0.1) is 10.2 Å². The first-order valence-corrected chi connectivity index (χ1v) is 11.4. The van der Waals surface area contributed by atoms with Gasteiger partial charge in [0, 0.05) is 39.9 Å². The molecule has 7 heteroatoms. The van der Waals surface area contributed by atoms with E-state index in [9.17, 15) is 9.59 Å². The van der Waals surface area contributed by atoms with Crippen LogP contribution < -0.4 is 10.6 Å². The monoisotopic (exact) mass is 449 g/mol. The minimum absolute atomic E-state index is 0.0893. The van der Waals surface area contributed by atoms with Crippen molar-refractivity contribution in [2.75, 3.05) is 5.32 Å². The van der Waals surface area contributed by atoms with E-state index >= 15 is 0 Å². The standard InChI is InChI=1S/C24H20ClN3O2S/c1-13-20(23(30)28-24-27-16-5-2-3-8-19(16)31-24)21(14-9-11-15(25)12-10-14)22-17(26-13)6-4-7-18(22)29/h2-3,5,8-12,21,26H,4,6-7H2,1H3,(H,27,28,30). The Hall–Kier alpha value is -2.96. The number of hydrogen-bond acceptors (Lipinski definition) is 5. The molecule has 0 saturated heterocycles. The molecule has 0 saturated carbocycles. The molecule has 2 aromatic carbocycles. The van der Waals surface area contributed by atoms with Crippen LogP contribution in [0.2, 0.25) is 5.02 Å². The van der Waals surface area contributed by atoms with Crippen LogP contribution in [0.1, 0.15) is 37.7 Å². The summed E-state index contributed by atoms with van der Waals surface area (Å²) >= 11 is 7.53. The maximum atomic E-state index is 13.5. The second-order valence-corrected chi connectivity index (χ2v) is 9.23. The highest BCUT2D eigenvalue weighted by Crippen LogP contribution is 2.42. The molecule has 0 bridgehead atoms. The lowest BCUT2D eigenvalue weighted by Crippen LogP contribution is -2.35. The number of carbonyl (C=O) groups excluding carboxylic acids is 2. The zero-order valence-electron chi connectivity index (χ0n) is 16.9. The Morgan fingerprint density at radius 1 is 1.16 bits per heavy atom. The van der Waals surface area contributed by atoms with Gasteiger partial charge in [-0.15, -0.1) is 0 Å². The van der Waals surface area contributed by atoms with E-state index in [2.05, 4.69) is 15.6 Å². The van der Waals surface area contributed by atoms with E-state index in [0.717, 1.165) is 40.0 Å². The van der Waals surface area contributed by atoms with Gasteiger partial charge in [0.25, 0.3) is 5.91 Å². The number of fused-ring (bicyclic) bond motifs is 1. The number of thiazole rings is 1. The summed E-state index contributed by atoms with van der Waals surface area (Å²) in [6.07, 6.45) is 2.12. The number of nitrogens with one attached hydrogen (secondary N) is 2. The molecule has 1 atom stereocenters. The number of benzene rings is 2. The summed E-state index contributed by atoms with van der Waals surface area (Å²) in [5, 5.41) is 7.45. The lowest BCUT2D eigenvalue weighted by Gasteiger charge is -2.34. The van der Waals surface area contributed by atoms with Crippen LogP contribution in [0.4, 0.5) is 5.13 Å². The topological polar surface area (TPSA) is 71.1 Å². The maximum Gasteiger partial charge on any atom is 0.256 e. The summed E-state index contributed by atoms with van der Waals surface area (Å²) in [5.41, 5.74) is 4.63. The molecular weight excluding hydrogens is 430 g/mol. The van der Waals surface area contributed by atoms with Crippen molar-refractivity contribution in [1.82, 2.24) is 10.3 Å². The van der Waals surface area contributed by atoms with Gasteiger partial charge in [0.2, 0.25) is 0 Å². The summed E-state index contributed by atoms with van der Waals surface area (Å²) in [6.45, 7) is 1.89. The summed E-state index contributed by atoms with van der Waals surface area (Å²) < 4.78 is 1.01. The highest BCUT2D eigenvalue weighted by atomic mass is 35.5. The van der Waals surface area contributed by atoms with Crippen molar-refractivity contribution in [3.05, 3.63) is 81.7 Å². The number of dihydropyridines is 1. The van der Waals surface area contributed by atoms with Crippen molar-refractivity contribution < 1.29 is 9.59 Å². The van der Waals surface area contributed by atoms with E-state index in [1.165, 1.54) is 11.3 Å². The van der Waals surface area contributed by atoms with Gasteiger partial charge in [-0.25, -0.2) is 4.98 Å². The minimum Gasteiger partial charge on any atom is -0.362 e. The molecule has 1 unspecified atom stereocenters. The molecule has 5 rings (SSSR count). The van der Waals surface area contributed by atoms with Crippen molar-refractivity contribution in [2.24, 2.45) is 0 Å². The molecule has 5 nitrogen and oxygen atoms in total. The fourth-order valence-electron chi connectivity index (χ4n) is 4.36. The van der Waals surface area contributed by atoms with Crippen molar-refractivity contribution in [1.29, 1.82) is 0 Å². The number of carbonyl (C=O) groups is 2. The number of Topliss-reactive ketones (excluding diaryl/α,β-unsaturated/α-hetero) is 1. The maximum absolute atomic E-state index is 13.5. The van der Waals surface area contributed by atoms with Gasteiger partial charge >= 0.3 is 0 Å². The Morgan fingerprint density at radius 2 is 1.94 bits per heavy atom. The van der Waals surface area contributed by atoms with Gasteiger partial charge in [-0.1, -0.05) is 47.2 Å². The van der Waals surface area contributed by atoms with Gasteiger partial charge in [-0.3, -0.25) is 14.9 Å². The Kier molecular flexibility index (Phi) is 5.12. The predicted octanol–water partition coefficient (Wildman–Crippen LogP) is 5.56. The summed E-state index contributed by atoms with van der Waals surface area (Å²) in [5.74, 6) is -0.601. The number of nitrogens with zero attached hydrogens (tertiary/aromatic N) is 1. The van der Waals surface area contributed by atoms with Crippen molar-refractivity contribution in [2.45, 2.75) is 32.1 Å². The normalized spacial score (nSPS) is 18.8. The molecule has 1 aromatic heterocycles. The number of allylic oxidation sites excluding steroid dienone is 3. The molecule has 1 amide bonds. The van der Waals surface area contributed by atoms with E-state index in [4.69, 9.17) is 11.6 Å². The Bertz CT molecular complexity index is 1240. The first-order chi connectivity index (χ1) is 15.0. The molecule has 156 valence electrons. The molecule has 2 N–H and O–H groups in total. The van der Waals surface area contributed by atoms with Crippen molar-refractivity contribution in [3.8, 4) is 0 Å². The number of halogens is 1. The fourth-order valence-corrected chi connectivity index (χ4v) is 5.35. The molecule has 2 aliphatic rings. The van der Waals surface area contributed by atoms with Crippen molar-refractivity contribution >= 4 is 50.0 Å². The predicted molar refractivity (Wildman–Crippen MR) is 124 cm³/mol. The number of hydrogen-bond donors (Lipinski definition) is 2. The van der Waals surface area contributed by atoms with Gasteiger partial charge in [-0.05, 0) is 49.6 Å². The lowest BCUT2D eigenvalue weighted by molar-refractivity contribution is -0.116. The van der Waals surface area contributed by atoms with Gasteiger partial charge in [-0.2, -0.15) is 0 Å². The van der Waals surface area contributed by atoms with Crippen LogP contribution in [0.5, 0.6) is 0 Å². The molecule has 0 spiro atoms. The molecule has 31 heavy (non-hydrogen) atoms. The molecular formula is C24H20ClN3O2S. The average molecular weight is 450 g/mol. The number of amides is 1. The minimum atomic E-state index is -0.435. The fraction of sp³-hybridized carbons (Fsp3) is 0.208. The number of para-hydroxylation sites is 1. The highest BCUT2D eigenvalue weighted by Gasteiger charge is 2.38. The van der Waals surface area contributed by atoms with Crippen LogP contribution in [0.15, 0.2) is 71.1 Å². The van der Waals surface area contributed by atoms with Crippen LogP contribution in [0.25, 0.3) is 10.2 Å². The quantitative estimate of drug-likeness (QED) is 0.549. The van der Waals surface area contributed by atoms with Crippen LogP contribution in [-0.4, -0.2) is 16.7 Å². The zero-order valence-corrected chi connectivity index (χ0v) is 18.4. The molecule has 3 aromatic rings. The van der Waals surface area contributed by atoms with E-state index in [0.29, 0.717) is 27.7 Å². The Labute approximate surface area is 188 Å². The first-order valence-electron chi connectivity index (χ1n) is 10.2. The van der Waals surface area contributed by atoms with E-state index in [-0.39, 0.29) is 11.7 Å². The number of anilines is 1. The summed E-state index contributed by atoms with van der Waals surface area (Å²) in [4.78, 5) is 31.0. The van der Waals surface area contributed by atoms with Crippen LogP contribution in [0.3, 0.4) is 0 Å². The van der Waals surface area contributed by atoms with Crippen LogP contribution in [-0.2, 0) is 9.59 Å². The highest BCUT2D eigenvalue weighted by molar-refractivity contribution is 7.22. The Balaban J connectivity index is 1.56. The molecule has 2 heterocycles. The van der Waals surface area contributed by atoms with E-state index in [1.54, 1.807) is 12.1 Å². The number of rotatable bonds is 3. The lowest BCUT2D eigenvalue weighted by atomic mass is 9.75. The van der Waals surface area contributed by atoms with Crippen molar-refractivity contribution in [3.63, 3.8) is 0 Å². The smallest absolute Gasteiger partial charge is 0.256 e. The van der Waals surface area contributed by atoms with Crippen LogP contribution >= 0.6 is 22.9 Å². The Morgan fingerprint density at radius 3 is 2.71 bits per heavy atom. The molecule has 0 radical (unpaired) electrons. The van der Waals surface area contributed by atoms with Gasteiger partial charge in [0.15, 0.2) is 10.9 Å². The summed E-state index contributed by atoms with van der Waals surface area (Å²) in [6, 6.07) is 15.1. The SMILES string of the molecule is CC1=C(C(=O)Nc2nc3ccccc3s2)C(c2ccc(Cl)cc2)C2=C(CCCC2=O)N1. The summed E-state index contributed by atoms with van der Waals surface area (Å²) in [7, 11) is 0. The largest absolute Gasteiger partial charge is 0.362 e. The third-order valence-corrected chi connectivity index (χ3v) is 6.94. The first kappa shape index (κ1) is 20.0. The molecule has 1 aliphatic heterocycles. The molecule has 1 aliphatic carbocycles. The van der Waals surface area contributed by atoms with Gasteiger partial charge < -0.3 is 5.32 Å². The average Bonchev–Trinajstić information content (AvgIpc) is 3.15. The second-order valence-electron chi connectivity index (χ2n) is 7.76. The number of ketones is 1. The zero-order chi connectivity index (χ0) is 21.5. The van der Waals surface area contributed by atoms with E-state index in [1.807, 2.05) is 43.3 Å². The second kappa shape index (κ2) is 7.94. The third-order valence-electron chi connectivity index (χ3n) is 5.74. The molecule has 0 fully saturated rings. The van der Waals surface area contributed by atoms with Crippen LogP contribution in [0, 0.1) is 0 Å². The van der Waals surface area contributed by atoms with E-state index < -0.39 is 5.92 Å². The number of aromatic nitrogens is 1. The third kappa shape index (κ3) is 3.66. The van der Waals surface area contributed by atoms with Gasteiger partial charge in [0.1, 0.15) is 0 Å².